The Bertz CT molecular complexity index is 1150. The van der Waals surface area contributed by atoms with Crippen LogP contribution in [0.5, 0.6) is 5.75 Å². The number of nitrogens with one attached hydrogen (secondary N) is 1. The number of carbonyl (C=O) groups is 2. The summed E-state index contributed by atoms with van der Waals surface area (Å²) in [4.78, 5) is 25.4. The molecule has 34 heavy (non-hydrogen) atoms. The van der Waals surface area contributed by atoms with E-state index >= 15 is 0 Å². The summed E-state index contributed by atoms with van der Waals surface area (Å²) in [6.07, 6.45) is 2.37. The molecule has 1 aromatic carbocycles. The second kappa shape index (κ2) is 11.8. The van der Waals surface area contributed by atoms with E-state index in [1.807, 2.05) is 42.7 Å². The number of allylic oxidation sites excluding steroid dienone is 1. The third-order valence-corrected chi connectivity index (χ3v) is 6.84. The molecule has 0 aliphatic carbocycles. The van der Waals surface area contributed by atoms with E-state index in [0.717, 1.165) is 17.0 Å². The van der Waals surface area contributed by atoms with Gasteiger partial charge < -0.3 is 14.8 Å². The normalized spacial score (nSPS) is 11.6. The van der Waals surface area contributed by atoms with Crippen molar-refractivity contribution in [2.45, 2.75) is 45.0 Å². The molecule has 1 atom stereocenters. The number of benzene rings is 1. The van der Waals surface area contributed by atoms with E-state index in [-0.39, 0.29) is 17.8 Å². The third-order valence-electron chi connectivity index (χ3n) is 4.91. The molecule has 0 aliphatic rings. The van der Waals surface area contributed by atoms with Crippen molar-refractivity contribution in [2.75, 3.05) is 18.2 Å². The molecule has 0 aliphatic heterocycles. The highest BCUT2D eigenvalue weighted by Gasteiger charge is 2.21. The van der Waals surface area contributed by atoms with Crippen LogP contribution < -0.4 is 10.1 Å². The Morgan fingerprint density at radius 3 is 2.68 bits per heavy atom. The lowest BCUT2D eigenvalue weighted by atomic mass is 10.2. The molecule has 1 amide bonds. The summed E-state index contributed by atoms with van der Waals surface area (Å²) >= 11 is 2.58. The van der Waals surface area contributed by atoms with Crippen LogP contribution >= 0.6 is 23.1 Å². The van der Waals surface area contributed by atoms with Crippen molar-refractivity contribution in [2.24, 2.45) is 0 Å². The van der Waals surface area contributed by atoms with Gasteiger partial charge in [-0.1, -0.05) is 36.9 Å². The van der Waals surface area contributed by atoms with Gasteiger partial charge in [0, 0.05) is 11.4 Å². The summed E-state index contributed by atoms with van der Waals surface area (Å²) in [5, 5.41) is 12.4. The van der Waals surface area contributed by atoms with Crippen LogP contribution in [-0.2, 0) is 22.5 Å². The van der Waals surface area contributed by atoms with Gasteiger partial charge in [0.05, 0.1) is 18.4 Å². The highest BCUT2D eigenvalue weighted by molar-refractivity contribution is 7.99. The number of thioether (sulfide) groups is 1. The van der Waals surface area contributed by atoms with Crippen molar-refractivity contribution in [1.29, 1.82) is 0 Å². The van der Waals surface area contributed by atoms with Crippen molar-refractivity contribution >= 4 is 40.0 Å². The lowest BCUT2D eigenvalue weighted by Gasteiger charge is -2.16. The number of aryl methyl sites for hydroxylation is 2. The molecule has 3 rings (SSSR count). The van der Waals surface area contributed by atoms with E-state index < -0.39 is 5.97 Å². The van der Waals surface area contributed by atoms with E-state index in [9.17, 15) is 9.59 Å². The van der Waals surface area contributed by atoms with E-state index in [0.29, 0.717) is 28.1 Å². The van der Waals surface area contributed by atoms with Crippen LogP contribution in [0, 0.1) is 6.92 Å². The van der Waals surface area contributed by atoms with E-state index in [1.165, 1.54) is 35.8 Å². The number of ether oxygens (including phenoxy) is 2. The quantitative estimate of drug-likeness (QED) is 0.223. The molecule has 0 spiro atoms. The number of aromatic nitrogens is 3. The SMILES string of the molecule is C=CCn1c(SCC(=O)Nc2sc(C)cc2C(=O)OC)nnc1C(C)Oc1ccc(CC)cc1. The molecular weight excluding hydrogens is 472 g/mol. The maximum Gasteiger partial charge on any atom is 0.340 e. The molecule has 0 bridgehead atoms. The zero-order valence-electron chi connectivity index (χ0n) is 19.7. The molecule has 2 heterocycles. The average molecular weight is 501 g/mol. The van der Waals surface area contributed by atoms with Crippen molar-refractivity contribution < 1.29 is 19.1 Å². The second-order valence-corrected chi connectivity index (χ2v) is 9.62. The predicted octanol–water partition coefficient (Wildman–Crippen LogP) is 5.05. The minimum atomic E-state index is -0.485. The number of anilines is 1. The lowest BCUT2D eigenvalue weighted by Crippen LogP contribution is -2.16. The molecule has 1 unspecified atom stereocenters. The first-order chi connectivity index (χ1) is 16.4. The predicted molar refractivity (Wildman–Crippen MR) is 135 cm³/mol. The van der Waals surface area contributed by atoms with Crippen molar-refractivity contribution in [1.82, 2.24) is 14.8 Å². The van der Waals surface area contributed by atoms with Gasteiger partial charge in [-0.2, -0.15) is 0 Å². The number of carbonyl (C=O) groups excluding carboxylic acids is 2. The fourth-order valence-electron chi connectivity index (χ4n) is 3.23. The number of methoxy groups -OCH3 is 1. The number of rotatable bonds is 11. The van der Waals surface area contributed by atoms with Crippen LogP contribution in [0.2, 0.25) is 0 Å². The Kier molecular flexibility index (Phi) is 8.89. The number of esters is 1. The first kappa shape index (κ1) is 25.5. The fourth-order valence-corrected chi connectivity index (χ4v) is 4.90. The van der Waals surface area contributed by atoms with E-state index in [4.69, 9.17) is 9.47 Å². The average Bonchev–Trinajstić information content (AvgIpc) is 3.40. The minimum absolute atomic E-state index is 0.0978. The van der Waals surface area contributed by atoms with Gasteiger partial charge >= 0.3 is 5.97 Å². The number of amides is 1. The summed E-state index contributed by atoms with van der Waals surface area (Å²) in [5.41, 5.74) is 1.58. The lowest BCUT2D eigenvalue weighted by molar-refractivity contribution is -0.113. The van der Waals surface area contributed by atoms with Gasteiger partial charge in [-0.05, 0) is 44.0 Å². The Hall–Kier alpha value is -3.11. The van der Waals surface area contributed by atoms with Gasteiger partial charge in [-0.15, -0.1) is 28.1 Å². The van der Waals surface area contributed by atoms with Gasteiger partial charge in [-0.3, -0.25) is 9.36 Å². The standard InChI is InChI=1S/C24H28N4O4S2/c1-6-12-28-21(16(4)32-18-10-8-17(7-2)9-11-18)26-27-24(28)33-14-20(29)25-22-19(23(30)31-5)13-15(3)34-22/h6,8-11,13,16H,1,7,12,14H2,2-5H3,(H,25,29). The molecule has 3 aromatic rings. The maximum atomic E-state index is 12.6. The fraction of sp³-hybridized carbons (Fsp3) is 0.333. The molecule has 0 saturated heterocycles. The molecule has 0 fully saturated rings. The minimum Gasteiger partial charge on any atom is -0.483 e. The zero-order chi connectivity index (χ0) is 24.7. The molecular formula is C24H28N4O4S2. The van der Waals surface area contributed by atoms with Gasteiger partial charge in [-0.25, -0.2) is 4.79 Å². The highest BCUT2D eigenvalue weighted by atomic mass is 32.2. The van der Waals surface area contributed by atoms with Crippen LogP contribution in [-0.4, -0.2) is 39.5 Å². The first-order valence-electron chi connectivity index (χ1n) is 10.8. The number of nitrogens with zero attached hydrogens (tertiary/aromatic N) is 3. The Labute approximate surface area is 207 Å². The van der Waals surface area contributed by atoms with Gasteiger partial charge in [0.15, 0.2) is 17.1 Å². The van der Waals surface area contributed by atoms with Crippen LogP contribution in [0.15, 0.2) is 48.1 Å². The molecule has 0 radical (unpaired) electrons. The molecule has 0 saturated carbocycles. The topological polar surface area (TPSA) is 95.3 Å². The Morgan fingerprint density at radius 1 is 1.29 bits per heavy atom. The Balaban J connectivity index is 1.67. The molecule has 2 aromatic heterocycles. The summed E-state index contributed by atoms with van der Waals surface area (Å²) < 4.78 is 12.7. The Morgan fingerprint density at radius 2 is 2.03 bits per heavy atom. The van der Waals surface area contributed by atoms with Crippen LogP contribution in [0.4, 0.5) is 5.00 Å². The molecule has 1 N–H and O–H groups in total. The monoisotopic (exact) mass is 500 g/mol. The summed E-state index contributed by atoms with van der Waals surface area (Å²) in [6.45, 7) is 10.2. The molecule has 10 heteroatoms. The zero-order valence-corrected chi connectivity index (χ0v) is 21.3. The maximum absolute atomic E-state index is 12.6. The van der Waals surface area contributed by atoms with Gasteiger partial charge in [0.2, 0.25) is 5.91 Å². The largest absolute Gasteiger partial charge is 0.483 e. The van der Waals surface area contributed by atoms with Crippen molar-refractivity contribution in [3.8, 4) is 5.75 Å². The van der Waals surface area contributed by atoms with Crippen molar-refractivity contribution in [3.63, 3.8) is 0 Å². The first-order valence-corrected chi connectivity index (χ1v) is 12.6. The van der Waals surface area contributed by atoms with E-state index in [1.54, 1.807) is 12.1 Å². The third kappa shape index (κ3) is 6.27. The highest BCUT2D eigenvalue weighted by Crippen LogP contribution is 2.29. The van der Waals surface area contributed by atoms with Crippen LogP contribution in [0.25, 0.3) is 0 Å². The number of hydrogen-bond donors (Lipinski definition) is 1. The van der Waals surface area contributed by atoms with E-state index in [2.05, 4.69) is 29.0 Å². The molecule has 8 nitrogen and oxygen atoms in total. The number of thiophene rings is 1. The summed E-state index contributed by atoms with van der Waals surface area (Å²) in [5.74, 6) is 0.747. The van der Waals surface area contributed by atoms with Gasteiger partial charge in [0.1, 0.15) is 10.8 Å². The smallest absolute Gasteiger partial charge is 0.340 e. The van der Waals surface area contributed by atoms with Crippen LogP contribution in [0.3, 0.4) is 0 Å². The van der Waals surface area contributed by atoms with Crippen LogP contribution in [0.1, 0.15) is 46.6 Å². The summed E-state index contributed by atoms with van der Waals surface area (Å²) in [6, 6.07) is 9.66. The number of hydrogen-bond acceptors (Lipinski definition) is 8. The van der Waals surface area contributed by atoms with Gasteiger partial charge in [0.25, 0.3) is 0 Å². The molecule has 180 valence electrons. The van der Waals surface area contributed by atoms with Crippen molar-refractivity contribution in [3.05, 3.63) is 64.8 Å². The second-order valence-electron chi connectivity index (χ2n) is 7.43. The summed E-state index contributed by atoms with van der Waals surface area (Å²) in [7, 11) is 1.31.